The average Bonchev–Trinajstić information content (AvgIpc) is 2.85. The van der Waals surface area contributed by atoms with Crippen LogP contribution in [0.1, 0.15) is 10.5 Å². The fourth-order valence-electron chi connectivity index (χ4n) is 1.90. The number of β-amino-alcohol motifs (C(OH)–C–C–N with tert-alkyl or cyclic N) is 1. The van der Waals surface area contributed by atoms with Crippen molar-refractivity contribution in [1.29, 1.82) is 0 Å². The van der Waals surface area contributed by atoms with Crippen LogP contribution in [0.3, 0.4) is 0 Å². The lowest BCUT2D eigenvalue weighted by Crippen LogP contribution is -2.44. The highest BCUT2D eigenvalue weighted by molar-refractivity contribution is 5.92. The number of carbonyl (C=O) groups is 1. The van der Waals surface area contributed by atoms with E-state index in [1.54, 1.807) is 29.0 Å². The molecule has 88 valence electrons. The third kappa shape index (κ3) is 1.94. The van der Waals surface area contributed by atoms with Crippen molar-refractivity contribution < 1.29 is 9.90 Å². The lowest BCUT2D eigenvalue weighted by Gasteiger charge is -2.25. The van der Waals surface area contributed by atoms with Crippen LogP contribution in [0.15, 0.2) is 12.5 Å². The van der Waals surface area contributed by atoms with Crippen molar-refractivity contribution >= 4 is 5.91 Å². The van der Waals surface area contributed by atoms with E-state index in [0.29, 0.717) is 18.8 Å². The van der Waals surface area contributed by atoms with Gasteiger partial charge >= 0.3 is 0 Å². The molecule has 0 bridgehead atoms. The van der Waals surface area contributed by atoms with E-state index in [9.17, 15) is 9.90 Å². The monoisotopic (exact) mass is 224 g/mol. The summed E-state index contributed by atoms with van der Waals surface area (Å²) in [6.45, 7) is 1.15. The number of aryl methyl sites for hydroxylation is 1. The maximum atomic E-state index is 12.0. The van der Waals surface area contributed by atoms with E-state index in [-0.39, 0.29) is 11.9 Å². The first-order valence-corrected chi connectivity index (χ1v) is 5.23. The number of aromatic nitrogens is 2. The van der Waals surface area contributed by atoms with Crippen molar-refractivity contribution in [1.82, 2.24) is 19.8 Å². The number of aliphatic hydroxyl groups is 1. The van der Waals surface area contributed by atoms with Crippen LogP contribution in [0.4, 0.5) is 0 Å². The molecule has 0 aromatic carbocycles. The fourth-order valence-corrected chi connectivity index (χ4v) is 1.90. The van der Waals surface area contributed by atoms with E-state index in [1.807, 2.05) is 7.05 Å². The van der Waals surface area contributed by atoms with Crippen LogP contribution in [0.5, 0.6) is 0 Å². The van der Waals surface area contributed by atoms with Gasteiger partial charge in [0.15, 0.2) is 0 Å². The number of rotatable bonds is 2. The summed E-state index contributed by atoms with van der Waals surface area (Å²) in [5, 5.41) is 12.7. The average molecular weight is 224 g/mol. The third-order valence-electron chi connectivity index (χ3n) is 2.89. The normalized spacial score (nSPS) is 24.7. The molecule has 2 rings (SSSR count). The van der Waals surface area contributed by atoms with E-state index in [0.717, 1.165) is 0 Å². The van der Waals surface area contributed by atoms with Crippen LogP contribution in [0.2, 0.25) is 0 Å². The Kier molecular flexibility index (Phi) is 2.93. The second-order valence-electron chi connectivity index (χ2n) is 4.13. The zero-order chi connectivity index (χ0) is 11.7. The van der Waals surface area contributed by atoms with Crippen LogP contribution in [-0.2, 0) is 7.05 Å². The molecule has 1 aromatic heterocycles. The zero-order valence-corrected chi connectivity index (χ0v) is 9.42. The standard InChI is InChI=1S/C10H16N4O2/c1-13-5-7(12-6-13)10(16)14(2)8-3-11-4-9(8)15/h5-6,8-9,11,15H,3-4H2,1-2H3/t8-,9-/m0/s1. The van der Waals surface area contributed by atoms with Gasteiger partial charge in [-0.2, -0.15) is 0 Å². The Hall–Kier alpha value is -1.40. The Labute approximate surface area is 93.9 Å². The second-order valence-corrected chi connectivity index (χ2v) is 4.13. The Morgan fingerprint density at radius 1 is 1.69 bits per heavy atom. The van der Waals surface area contributed by atoms with Crippen molar-refractivity contribution in [3.05, 3.63) is 18.2 Å². The number of nitrogens with one attached hydrogen (secondary N) is 1. The molecule has 1 amide bonds. The summed E-state index contributed by atoms with van der Waals surface area (Å²) < 4.78 is 1.73. The number of likely N-dealkylation sites (N-methyl/N-ethyl adjacent to an activating group) is 1. The van der Waals surface area contributed by atoms with E-state index < -0.39 is 6.10 Å². The molecule has 0 aliphatic carbocycles. The van der Waals surface area contributed by atoms with E-state index in [2.05, 4.69) is 10.3 Å². The van der Waals surface area contributed by atoms with Gasteiger partial charge in [-0.05, 0) is 0 Å². The maximum absolute atomic E-state index is 12.0. The van der Waals surface area contributed by atoms with Crippen LogP contribution >= 0.6 is 0 Å². The molecule has 1 saturated heterocycles. The first kappa shape index (κ1) is 11.1. The molecule has 0 spiro atoms. The molecule has 2 N–H and O–H groups in total. The van der Waals surface area contributed by atoms with Gasteiger partial charge in [-0.3, -0.25) is 4.79 Å². The van der Waals surface area contributed by atoms with Gasteiger partial charge in [-0.25, -0.2) is 4.98 Å². The summed E-state index contributed by atoms with van der Waals surface area (Å²) in [6.07, 6.45) is 2.76. The lowest BCUT2D eigenvalue weighted by molar-refractivity contribution is 0.0576. The van der Waals surface area contributed by atoms with Gasteiger partial charge in [-0.1, -0.05) is 0 Å². The number of aliphatic hydroxyl groups excluding tert-OH is 1. The number of hydrogen-bond donors (Lipinski definition) is 2. The Morgan fingerprint density at radius 2 is 2.44 bits per heavy atom. The number of amides is 1. The first-order chi connectivity index (χ1) is 7.59. The molecule has 1 aromatic rings. The SMILES string of the molecule is CN(C(=O)c1cn(C)cn1)[C@H]1CNC[C@@H]1O. The topological polar surface area (TPSA) is 70.4 Å². The maximum Gasteiger partial charge on any atom is 0.274 e. The lowest BCUT2D eigenvalue weighted by atomic mass is 10.2. The minimum absolute atomic E-state index is 0.159. The third-order valence-corrected chi connectivity index (χ3v) is 2.89. The highest BCUT2D eigenvalue weighted by atomic mass is 16.3. The Morgan fingerprint density at radius 3 is 2.94 bits per heavy atom. The molecule has 6 nitrogen and oxygen atoms in total. The summed E-state index contributed by atoms with van der Waals surface area (Å²) in [5.41, 5.74) is 0.407. The molecular formula is C10H16N4O2. The van der Waals surface area contributed by atoms with Crippen molar-refractivity contribution in [2.24, 2.45) is 7.05 Å². The molecule has 1 fully saturated rings. The molecule has 1 aliphatic rings. The largest absolute Gasteiger partial charge is 0.390 e. The highest BCUT2D eigenvalue weighted by Crippen LogP contribution is 2.10. The van der Waals surface area contributed by atoms with E-state index in [4.69, 9.17) is 0 Å². The number of hydrogen-bond acceptors (Lipinski definition) is 4. The van der Waals surface area contributed by atoms with Crippen molar-refractivity contribution in [3.8, 4) is 0 Å². The molecule has 0 radical (unpaired) electrons. The summed E-state index contributed by atoms with van der Waals surface area (Å²) in [6, 6.07) is -0.172. The van der Waals surface area contributed by atoms with Crippen molar-refractivity contribution in [2.45, 2.75) is 12.1 Å². The molecular weight excluding hydrogens is 208 g/mol. The van der Waals surface area contributed by atoms with Gasteiger partial charge in [-0.15, -0.1) is 0 Å². The zero-order valence-electron chi connectivity index (χ0n) is 9.42. The van der Waals surface area contributed by atoms with E-state index >= 15 is 0 Å². The first-order valence-electron chi connectivity index (χ1n) is 5.23. The predicted octanol–water partition coefficient (Wildman–Crippen LogP) is -1.18. The summed E-state index contributed by atoms with van der Waals surface area (Å²) in [4.78, 5) is 17.6. The van der Waals surface area contributed by atoms with Gasteiger partial charge in [0, 0.05) is 33.4 Å². The van der Waals surface area contributed by atoms with Crippen LogP contribution in [0, 0.1) is 0 Å². The molecule has 2 atom stereocenters. The van der Waals surface area contributed by atoms with Gasteiger partial charge in [0.2, 0.25) is 0 Å². The Balaban J connectivity index is 2.10. The van der Waals surface area contributed by atoms with Crippen LogP contribution in [0.25, 0.3) is 0 Å². The van der Waals surface area contributed by atoms with E-state index in [1.165, 1.54) is 0 Å². The van der Waals surface area contributed by atoms with Crippen molar-refractivity contribution in [2.75, 3.05) is 20.1 Å². The highest BCUT2D eigenvalue weighted by Gasteiger charge is 2.32. The molecule has 2 heterocycles. The second kappa shape index (κ2) is 4.23. The molecule has 1 aliphatic heterocycles. The molecule has 16 heavy (non-hydrogen) atoms. The molecule has 0 unspecified atom stereocenters. The predicted molar refractivity (Wildman–Crippen MR) is 58.0 cm³/mol. The van der Waals surface area contributed by atoms with Crippen LogP contribution in [-0.4, -0.2) is 57.7 Å². The van der Waals surface area contributed by atoms with Crippen molar-refractivity contribution in [3.63, 3.8) is 0 Å². The quantitative estimate of drug-likeness (QED) is 0.664. The summed E-state index contributed by atoms with van der Waals surface area (Å²) >= 11 is 0. The number of imidazole rings is 1. The number of nitrogens with zero attached hydrogens (tertiary/aromatic N) is 3. The minimum atomic E-state index is -0.502. The van der Waals surface area contributed by atoms with Gasteiger partial charge in [0.05, 0.1) is 18.5 Å². The van der Waals surface area contributed by atoms with Gasteiger partial charge in [0.1, 0.15) is 5.69 Å². The Bertz CT molecular complexity index is 390. The fraction of sp³-hybridized carbons (Fsp3) is 0.600. The summed E-state index contributed by atoms with van der Waals surface area (Å²) in [5.74, 6) is -0.159. The smallest absolute Gasteiger partial charge is 0.274 e. The summed E-state index contributed by atoms with van der Waals surface area (Å²) in [7, 11) is 3.51. The minimum Gasteiger partial charge on any atom is -0.390 e. The molecule has 6 heteroatoms. The molecule has 0 saturated carbocycles. The number of carbonyl (C=O) groups excluding carboxylic acids is 1. The van der Waals surface area contributed by atoms with Crippen LogP contribution < -0.4 is 5.32 Å². The van der Waals surface area contributed by atoms with Gasteiger partial charge < -0.3 is 19.9 Å². The van der Waals surface area contributed by atoms with Gasteiger partial charge in [0.25, 0.3) is 5.91 Å².